The van der Waals surface area contributed by atoms with E-state index in [1.807, 2.05) is 6.20 Å². The van der Waals surface area contributed by atoms with E-state index in [-0.39, 0.29) is 0 Å². The van der Waals surface area contributed by atoms with Crippen LogP contribution in [-0.4, -0.2) is 9.55 Å². The van der Waals surface area contributed by atoms with Gasteiger partial charge in [0.15, 0.2) is 11.0 Å². The van der Waals surface area contributed by atoms with E-state index in [0.29, 0.717) is 0 Å². The van der Waals surface area contributed by atoms with E-state index in [1.54, 1.807) is 0 Å². The maximum atomic E-state index is 4.58. The third kappa shape index (κ3) is 2.35. The molecular weight excluding hydrogens is 318 g/mol. The highest BCUT2D eigenvalue weighted by atomic mass is 15.2. The van der Waals surface area contributed by atoms with Crippen LogP contribution in [0, 0.1) is 27.7 Å². The van der Waals surface area contributed by atoms with Crippen LogP contribution in [-0.2, 0) is 7.05 Å². The summed E-state index contributed by atoms with van der Waals surface area (Å²) in [5.41, 5.74) is 9.71. The van der Waals surface area contributed by atoms with E-state index < -0.39 is 0 Å². The van der Waals surface area contributed by atoms with Gasteiger partial charge in [0.1, 0.15) is 5.69 Å². The molecule has 26 heavy (non-hydrogen) atoms. The van der Waals surface area contributed by atoms with Crippen LogP contribution in [0.1, 0.15) is 22.4 Å². The molecule has 0 bridgehead atoms. The summed E-state index contributed by atoms with van der Waals surface area (Å²) in [4.78, 5) is 4.58. The minimum Gasteiger partial charge on any atom is -0.261 e. The molecule has 0 aliphatic heterocycles. The van der Waals surface area contributed by atoms with E-state index in [9.17, 15) is 0 Å². The molecular formula is C23H24N3+. The van der Waals surface area contributed by atoms with Crippen LogP contribution in [0.4, 0.5) is 0 Å². The zero-order valence-corrected chi connectivity index (χ0v) is 16.0. The topological polar surface area (TPSA) is 21.7 Å². The second-order valence-electron chi connectivity index (χ2n) is 7.04. The molecule has 0 fully saturated rings. The molecule has 2 aromatic carbocycles. The van der Waals surface area contributed by atoms with Crippen molar-refractivity contribution >= 4 is 11.0 Å². The number of aromatic nitrogens is 3. The SMILES string of the molecule is Cc1ccnc(C)c1-c1n(-c2c(C)cccc2C)c2ccccc2[n+]1C. The Labute approximate surface area is 154 Å². The molecule has 3 nitrogen and oxygen atoms in total. The summed E-state index contributed by atoms with van der Waals surface area (Å²) in [6.45, 7) is 8.62. The summed E-state index contributed by atoms with van der Waals surface area (Å²) in [7, 11) is 2.15. The standard InChI is InChI=1S/C23H24N3/c1-15-13-14-24-18(4)21(15)23-25(5)19-11-6-7-12-20(19)26(23)22-16(2)9-8-10-17(22)3/h6-14H,1-5H3/q+1. The monoisotopic (exact) mass is 342 g/mol. The lowest BCUT2D eigenvalue weighted by atomic mass is 10.1. The van der Waals surface area contributed by atoms with Crippen LogP contribution in [0.5, 0.6) is 0 Å². The summed E-state index contributed by atoms with van der Waals surface area (Å²) in [5.74, 6) is 1.17. The van der Waals surface area contributed by atoms with E-state index in [4.69, 9.17) is 0 Å². The number of nitrogens with zero attached hydrogens (tertiary/aromatic N) is 3. The number of hydrogen-bond acceptors (Lipinski definition) is 1. The van der Waals surface area contributed by atoms with Gasteiger partial charge in [0, 0.05) is 6.20 Å². The number of imidazole rings is 1. The van der Waals surface area contributed by atoms with E-state index >= 15 is 0 Å². The van der Waals surface area contributed by atoms with Crippen molar-refractivity contribution in [1.29, 1.82) is 0 Å². The molecule has 0 aliphatic rings. The first kappa shape index (κ1) is 16.5. The van der Waals surface area contributed by atoms with Gasteiger partial charge in [-0.2, -0.15) is 4.57 Å². The predicted molar refractivity (Wildman–Crippen MR) is 107 cm³/mol. The number of benzene rings is 2. The van der Waals surface area contributed by atoms with Crippen molar-refractivity contribution < 1.29 is 4.57 Å². The van der Waals surface area contributed by atoms with E-state index in [2.05, 4.69) is 97.4 Å². The molecule has 0 atom stereocenters. The molecule has 0 saturated carbocycles. The van der Waals surface area contributed by atoms with Gasteiger partial charge in [-0.1, -0.05) is 30.3 Å². The Bertz CT molecular complexity index is 1100. The molecule has 4 aromatic rings. The number of rotatable bonds is 2. The van der Waals surface area contributed by atoms with Gasteiger partial charge >= 0.3 is 0 Å². The first-order valence-electron chi connectivity index (χ1n) is 8.99. The maximum absolute atomic E-state index is 4.58. The van der Waals surface area contributed by atoms with Gasteiger partial charge in [-0.05, 0) is 62.6 Å². The molecule has 3 heteroatoms. The van der Waals surface area contributed by atoms with E-state index in [1.165, 1.54) is 44.8 Å². The molecule has 0 saturated heterocycles. The van der Waals surface area contributed by atoms with Gasteiger partial charge in [0.2, 0.25) is 0 Å². The van der Waals surface area contributed by atoms with Gasteiger partial charge in [0.25, 0.3) is 5.82 Å². The highest BCUT2D eigenvalue weighted by Crippen LogP contribution is 2.32. The van der Waals surface area contributed by atoms with Gasteiger partial charge in [-0.3, -0.25) is 4.98 Å². The first-order valence-corrected chi connectivity index (χ1v) is 8.99. The van der Waals surface area contributed by atoms with Crippen molar-refractivity contribution in [2.45, 2.75) is 27.7 Å². The molecule has 0 radical (unpaired) electrons. The molecule has 2 aromatic heterocycles. The number of hydrogen-bond donors (Lipinski definition) is 0. The summed E-state index contributed by atoms with van der Waals surface area (Å²) >= 11 is 0. The van der Waals surface area contributed by atoms with Crippen LogP contribution < -0.4 is 4.57 Å². The van der Waals surface area contributed by atoms with Crippen molar-refractivity contribution in [3.05, 3.63) is 77.1 Å². The highest BCUT2D eigenvalue weighted by Gasteiger charge is 2.29. The smallest absolute Gasteiger partial charge is 0.261 e. The third-order valence-corrected chi connectivity index (χ3v) is 5.25. The normalized spacial score (nSPS) is 11.3. The summed E-state index contributed by atoms with van der Waals surface area (Å²) in [6, 6.07) is 17.2. The molecule has 0 aliphatic carbocycles. The Morgan fingerprint density at radius 2 is 1.50 bits per heavy atom. The zero-order valence-electron chi connectivity index (χ0n) is 16.0. The second kappa shape index (κ2) is 6.10. The van der Waals surface area contributed by atoms with Crippen molar-refractivity contribution in [3.8, 4) is 17.1 Å². The quantitative estimate of drug-likeness (QED) is 0.482. The molecule has 0 amide bonds. The lowest BCUT2D eigenvalue weighted by molar-refractivity contribution is -0.633. The van der Waals surface area contributed by atoms with Gasteiger partial charge < -0.3 is 0 Å². The van der Waals surface area contributed by atoms with Crippen LogP contribution in [0.15, 0.2) is 54.7 Å². The average molecular weight is 342 g/mol. The minimum atomic E-state index is 1.05. The zero-order chi connectivity index (χ0) is 18.4. The molecule has 0 spiro atoms. The van der Waals surface area contributed by atoms with Gasteiger partial charge in [-0.25, -0.2) is 4.57 Å². The van der Waals surface area contributed by atoms with Gasteiger partial charge in [0.05, 0.1) is 18.3 Å². The van der Waals surface area contributed by atoms with Crippen LogP contribution in [0.2, 0.25) is 0 Å². The van der Waals surface area contributed by atoms with Crippen LogP contribution in [0.3, 0.4) is 0 Å². The van der Waals surface area contributed by atoms with Crippen LogP contribution in [0.25, 0.3) is 28.1 Å². The third-order valence-electron chi connectivity index (χ3n) is 5.25. The Kier molecular flexibility index (Phi) is 3.87. The van der Waals surface area contributed by atoms with Crippen molar-refractivity contribution in [2.24, 2.45) is 7.05 Å². The Morgan fingerprint density at radius 3 is 2.19 bits per heavy atom. The van der Waals surface area contributed by atoms with Gasteiger partial charge in [-0.15, -0.1) is 0 Å². The minimum absolute atomic E-state index is 1.05. The Hall–Kier alpha value is -2.94. The predicted octanol–water partition coefficient (Wildman–Crippen LogP) is 4.75. The molecule has 130 valence electrons. The molecule has 0 unspecified atom stereocenters. The van der Waals surface area contributed by atoms with Crippen molar-refractivity contribution in [3.63, 3.8) is 0 Å². The summed E-state index contributed by atoms with van der Waals surface area (Å²) in [6.07, 6.45) is 1.89. The van der Waals surface area contributed by atoms with Crippen molar-refractivity contribution in [1.82, 2.24) is 9.55 Å². The number of para-hydroxylation sites is 3. The summed E-state index contributed by atoms with van der Waals surface area (Å²) in [5, 5.41) is 0. The highest BCUT2D eigenvalue weighted by molar-refractivity contribution is 5.81. The number of aryl methyl sites for hydroxylation is 5. The first-order chi connectivity index (χ1) is 12.5. The maximum Gasteiger partial charge on any atom is 0.297 e. The lowest BCUT2D eigenvalue weighted by Crippen LogP contribution is -2.31. The van der Waals surface area contributed by atoms with Crippen molar-refractivity contribution in [2.75, 3.05) is 0 Å². The number of pyridine rings is 1. The number of fused-ring (bicyclic) bond motifs is 1. The fourth-order valence-corrected chi connectivity index (χ4v) is 4.01. The lowest BCUT2D eigenvalue weighted by Gasteiger charge is -2.11. The molecule has 0 N–H and O–H groups in total. The summed E-state index contributed by atoms with van der Waals surface area (Å²) < 4.78 is 4.69. The Morgan fingerprint density at radius 1 is 0.808 bits per heavy atom. The second-order valence-corrected chi connectivity index (χ2v) is 7.04. The largest absolute Gasteiger partial charge is 0.297 e. The molecule has 2 heterocycles. The average Bonchev–Trinajstić information content (AvgIpc) is 2.89. The fourth-order valence-electron chi connectivity index (χ4n) is 4.01. The van der Waals surface area contributed by atoms with Crippen LogP contribution >= 0.6 is 0 Å². The molecule has 4 rings (SSSR count). The fraction of sp³-hybridized carbons (Fsp3) is 0.217. The Balaban J connectivity index is 2.23. The van der Waals surface area contributed by atoms with E-state index in [0.717, 1.165) is 5.69 Å².